The van der Waals surface area contributed by atoms with Crippen molar-refractivity contribution in [3.8, 4) is 11.4 Å². The monoisotopic (exact) mass is 238 g/mol. The van der Waals surface area contributed by atoms with Crippen molar-refractivity contribution in [2.45, 2.75) is 13.8 Å². The zero-order valence-electron chi connectivity index (χ0n) is 10.0. The van der Waals surface area contributed by atoms with Crippen molar-refractivity contribution in [1.29, 1.82) is 0 Å². The lowest BCUT2D eigenvalue weighted by Crippen LogP contribution is -2.23. The van der Waals surface area contributed by atoms with Crippen LogP contribution in [0.15, 0.2) is 24.3 Å². The summed E-state index contributed by atoms with van der Waals surface area (Å²) in [6.45, 7) is 3.69. The quantitative estimate of drug-likeness (QED) is 0.660. The molecule has 3 rings (SSSR count). The van der Waals surface area contributed by atoms with Crippen molar-refractivity contribution in [1.82, 2.24) is 9.97 Å². The minimum absolute atomic E-state index is 0.344. The molecule has 2 aromatic heterocycles. The third-order valence-corrected chi connectivity index (χ3v) is 2.99. The van der Waals surface area contributed by atoms with E-state index in [4.69, 9.17) is 0 Å². The highest BCUT2D eigenvalue weighted by Gasteiger charge is 2.32. The van der Waals surface area contributed by atoms with Crippen LogP contribution in [0.3, 0.4) is 0 Å². The van der Waals surface area contributed by atoms with E-state index >= 15 is 0 Å². The van der Waals surface area contributed by atoms with E-state index < -0.39 is 11.6 Å². The summed E-state index contributed by atoms with van der Waals surface area (Å²) < 4.78 is 0. The number of pyridine rings is 2. The summed E-state index contributed by atoms with van der Waals surface area (Å²) in [5.41, 5.74) is 3.30. The molecule has 0 fully saturated rings. The Kier molecular flexibility index (Phi) is 2.13. The first kappa shape index (κ1) is 10.8. The van der Waals surface area contributed by atoms with E-state index in [1.165, 1.54) is 0 Å². The van der Waals surface area contributed by atoms with E-state index in [-0.39, 0.29) is 0 Å². The van der Waals surface area contributed by atoms with Gasteiger partial charge in [-0.3, -0.25) is 19.6 Å². The van der Waals surface area contributed by atoms with Gasteiger partial charge in [-0.05, 0) is 38.1 Å². The molecule has 4 nitrogen and oxygen atoms in total. The summed E-state index contributed by atoms with van der Waals surface area (Å²) in [6.07, 6.45) is 0. The van der Waals surface area contributed by atoms with Crippen LogP contribution in [0.1, 0.15) is 32.1 Å². The molecule has 0 aromatic carbocycles. The molecule has 4 heteroatoms. The average Bonchev–Trinajstić information content (AvgIpc) is 2.36. The number of rotatable bonds is 0. The van der Waals surface area contributed by atoms with E-state index in [0.717, 1.165) is 11.4 Å². The SMILES string of the molecule is Cc1ccc2c(n1)-c1nc(C)ccc1C(=O)C2=O. The Morgan fingerprint density at radius 3 is 1.50 bits per heavy atom. The van der Waals surface area contributed by atoms with Gasteiger partial charge in [0.1, 0.15) is 11.4 Å². The number of aryl methyl sites for hydroxylation is 2. The van der Waals surface area contributed by atoms with Crippen molar-refractivity contribution in [3.05, 3.63) is 46.8 Å². The van der Waals surface area contributed by atoms with E-state index in [2.05, 4.69) is 9.97 Å². The number of carbonyl (C=O) groups is 2. The number of carbonyl (C=O) groups excluding carboxylic acids is 2. The second kappa shape index (κ2) is 3.57. The van der Waals surface area contributed by atoms with Gasteiger partial charge < -0.3 is 0 Å². The van der Waals surface area contributed by atoms with Gasteiger partial charge in [-0.15, -0.1) is 0 Å². The molecule has 88 valence electrons. The highest BCUT2D eigenvalue weighted by atomic mass is 16.2. The van der Waals surface area contributed by atoms with Crippen molar-refractivity contribution in [2.24, 2.45) is 0 Å². The lowest BCUT2D eigenvalue weighted by molar-refractivity contribution is 0.0814. The fourth-order valence-corrected chi connectivity index (χ4v) is 2.09. The molecule has 0 saturated heterocycles. The highest BCUT2D eigenvalue weighted by molar-refractivity contribution is 6.52. The van der Waals surface area contributed by atoms with Crippen LogP contribution in [0.25, 0.3) is 11.4 Å². The molecule has 0 bridgehead atoms. The molecular weight excluding hydrogens is 228 g/mol. The summed E-state index contributed by atoms with van der Waals surface area (Å²) in [4.78, 5) is 32.6. The van der Waals surface area contributed by atoms with Crippen molar-refractivity contribution < 1.29 is 9.59 Å². The molecule has 0 atom stereocenters. The van der Waals surface area contributed by atoms with Crippen LogP contribution in [-0.2, 0) is 0 Å². The largest absolute Gasteiger partial charge is 0.285 e. The van der Waals surface area contributed by atoms with Gasteiger partial charge in [0.15, 0.2) is 0 Å². The number of nitrogens with zero attached hydrogens (tertiary/aromatic N) is 2. The molecule has 0 radical (unpaired) electrons. The smallest absolute Gasteiger partial charge is 0.235 e. The number of ketones is 2. The fraction of sp³-hybridized carbons (Fsp3) is 0.143. The lowest BCUT2D eigenvalue weighted by atomic mass is 9.90. The summed E-state index contributed by atoms with van der Waals surface area (Å²) in [7, 11) is 0. The van der Waals surface area contributed by atoms with Crippen LogP contribution in [0.2, 0.25) is 0 Å². The van der Waals surface area contributed by atoms with Crippen LogP contribution in [0.4, 0.5) is 0 Å². The van der Waals surface area contributed by atoms with Gasteiger partial charge in [-0.25, -0.2) is 0 Å². The summed E-state index contributed by atoms with van der Waals surface area (Å²) in [5.74, 6) is -1.01. The summed E-state index contributed by atoms with van der Waals surface area (Å²) >= 11 is 0. The molecule has 2 aromatic rings. The predicted octanol–water partition coefficient (Wildman–Crippen LogP) is 2.14. The number of Topliss-reactive ketones (excluding diaryl/α,β-unsaturated/α-hetero) is 2. The van der Waals surface area contributed by atoms with Crippen molar-refractivity contribution >= 4 is 11.6 Å². The molecular formula is C14H10N2O2. The fourth-order valence-electron chi connectivity index (χ4n) is 2.09. The van der Waals surface area contributed by atoms with Crippen LogP contribution < -0.4 is 0 Å². The topological polar surface area (TPSA) is 59.9 Å². The van der Waals surface area contributed by atoms with Gasteiger partial charge >= 0.3 is 0 Å². The Hall–Kier alpha value is -2.36. The summed E-state index contributed by atoms with van der Waals surface area (Å²) in [5, 5.41) is 0. The molecule has 0 aliphatic heterocycles. The first-order valence-corrected chi connectivity index (χ1v) is 5.62. The van der Waals surface area contributed by atoms with Gasteiger partial charge in [-0.1, -0.05) is 0 Å². The van der Waals surface area contributed by atoms with E-state index in [1.807, 2.05) is 13.8 Å². The number of hydrogen-bond acceptors (Lipinski definition) is 4. The third kappa shape index (κ3) is 1.39. The normalized spacial score (nSPS) is 13.2. The predicted molar refractivity (Wildman–Crippen MR) is 65.6 cm³/mol. The van der Waals surface area contributed by atoms with E-state index in [1.54, 1.807) is 24.3 Å². The standard InChI is InChI=1S/C14H10N2O2/c1-7-3-5-9-11(15-7)12-10(14(18)13(9)17)6-4-8(2)16-12/h3-6H,1-2H3. The molecule has 1 aliphatic carbocycles. The Bertz CT molecular complexity index is 643. The zero-order chi connectivity index (χ0) is 12.9. The second-order valence-electron chi connectivity index (χ2n) is 4.36. The van der Waals surface area contributed by atoms with Crippen LogP contribution >= 0.6 is 0 Å². The second-order valence-corrected chi connectivity index (χ2v) is 4.36. The Morgan fingerprint density at radius 1 is 0.722 bits per heavy atom. The van der Waals surface area contributed by atoms with Gasteiger partial charge in [0.05, 0.1) is 11.1 Å². The average molecular weight is 238 g/mol. The Morgan fingerprint density at radius 2 is 1.11 bits per heavy atom. The van der Waals surface area contributed by atoms with Crippen LogP contribution in [0, 0.1) is 13.8 Å². The Labute approximate surface area is 104 Å². The van der Waals surface area contributed by atoms with Crippen LogP contribution in [0.5, 0.6) is 0 Å². The first-order chi connectivity index (χ1) is 8.58. The lowest BCUT2D eigenvalue weighted by Gasteiger charge is -2.16. The first-order valence-electron chi connectivity index (χ1n) is 5.62. The molecule has 0 unspecified atom stereocenters. The molecule has 0 saturated carbocycles. The minimum atomic E-state index is -0.504. The summed E-state index contributed by atoms with van der Waals surface area (Å²) in [6, 6.07) is 6.74. The third-order valence-electron chi connectivity index (χ3n) is 2.99. The molecule has 0 amide bonds. The van der Waals surface area contributed by atoms with Gasteiger partial charge in [0.2, 0.25) is 11.6 Å². The van der Waals surface area contributed by atoms with Crippen LogP contribution in [-0.4, -0.2) is 21.5 Å². The molecule has 2 heterocycles. The number of hydrogen-bond donors (Lipinski definition) is 0. The molecule has 0 spiro atoms. The van der Waals surface area contributed by atoms with Gasteiger partial charge in [0.25, 0.3) is 0 Å². The minimum Gasteiger partial charge on any atom is -0.285 e. The van der Waals surface area contributed by atoms with Crippen molar-refractivity contribution in [3.63, 3.8) is 0 Å². The Balaban J connectivity index is 2.40. The maximum Gasteiger partial charge on any atom is 0.235 e. The van der Waals surface area contributed by atoms with Crippen molar-refractivity contribution in [2.75, 3.05) is 0 Å². The van der Waals surface area contributed by atoms with E-state index in [9.17, 15) is 9.59 Å². The molecule has 18 heavy (non-hydrogen) atoms. The molecule has 0 N–H and O–H groups in total. The van der Waals surface area contributed by atoms with Gasteiger partial charge in [-0.2, -0.15) is 0 Å². The molecule has 1 aliphatic rings. The zero-order valence-corrected chi connectivity index (χ0v) is 10.0. The van der Waals surface area contributed by atoms with Gasteiger partial charge in [0, 0.05) is 11.4 Å². The maximum absolute atomic E-state index is 12.0. The maximum atomic E-state index is 12.0. The van der Waals surface area contributed by atoms with E-state index in [0.29, 0.717) is 22.5 Å². The highest BCUT2D eigenvalue weighted by Crippen LogP contribution is 2.30. The number of aromatic nitrogens is 2. The number of fused-ring (bicyclic) bond motifs is 3.